The first-order chi connectivity index (χ1) is 9.63. The molecule has 0 heterocycles. The third kappa shape index (κ3) is 4.77. The van der Waals surface area contributed by atoms with Crippen molar-refractivity contribution in [2.75, 3.05) is 0 Å². The maximum atomic E-state index is 12.4. The van der Waals surface area contributed by atoms with Gasteiger partial charge in [-0.1, -0.05) is 30.3 Å². The Morgan fingerprint density at radius 2 is 1.67 bits per heavy atom. The minimum atomic E-state index is -1.08. The molecule has 0 aliphatic rings. The fraction of sp³-hybridized carbons (Fsp3) is 0.500. The Labute approximate surface area is 125 Å². The van der Waals surface area contributed by atoms with Crippen molar-refractivity contribution in [1.82, 2.24) is 4.90 Å². The van der Waals surface area contributed by atoms with E-state index in [2.05, 4.69) is 0 Å². The van der Waals surface area contributed by atoms with Crippen LogP contribution < -0.4 is 0 Å². The minimum absolute atomic E-state index is 0.304. The number of carbonyl (C=O) groups is 2. The van der Waals surface area contributed by atoms with Crippen LogP contribution in [0.3, 0.4) is 0 Å². The molecule has 1 N–H and O–H groups in total. The van der Waals surface area contributed by atoms with Gasteiger partial charge >= 0.3 is 12.1 Å². The zero-order chi connectivity index (χ0) is 16.2. The number of carboxylic acids is 1. The predicted molar refractivity (Wildman–Crippen MR) is 80.0 cm³/mol. The average Bonchev–Trinajstić information content (AvgIpc) is 2.33. The Morgan fingerprint density at radius 3 is 2.05 bits per heavy atom. The van der Waals surface area contributed by atoms with Crippen molar-refractivity contribution in [2.45, 2.75) is 52.3 Å². The lowest BCUT2D eigenvalue weighted by Gasteiger charge is -2.34. The summed E-state index contributed by atoms with van der Waals surface area (Å²) in [6, 6.07) is 7.31. The second kappa shape index (κ2) is 6.61. The Balaban J connectivity index is 3.17. The van der Waals surface area contributed by atoms with Crippen LogP contribution in [0.2, 0.25) is 0 Å². The monoisotopic (exact) mass is 293 g/mol. The van der Waals surface area contributed by atoms with E-state index >= 15 is 0 Å². The normalized spacial score (nSPS) is 12.9. The van der Waals surface area contributed by atoms with Crippen molar-refractivity contribution < 1.29 is 19.4 Å². The molecule has 1 atom stereocenters. The number of hydrogen-bond donors (Lipinski definition) is 1. The van der Waals surface area contributed by atoms with Gasteiger partial charge in [0, 0.05) is 6.04 Å². The van der Waals surface area contributed by atoms with E-state index < -0.39 is 23.7 Å². The largest absolute Gasteiger partial charge is 0.479 e. The molecule has 0 bridgehead atoms. The standard InChI is InChI=1S/C16H23NO4/c1-11(2)17(15(20)21-16(3,4)5)13(14(18)19)12-9-7-6-8-10-12/h6-11,13H,1-5H3,(H,18,19). The van der Waals surface area contributed by atoms with Crippen LogP contribution in [0.5, 0.6) is 0 Å². The van der Waals surface area contributed by atoms with Crippen LogP contribution in [0.1, 0.15) is 46.2 Å². The highest BCUT2D eigenvalue weighted by molar-refractivity contribution is 5.81. The molecule has 0 aromatic heterocycles. The van der Waals surface area contributed by atoms with Crippen LogP contribution in [0.4, 0.5) is 4.79 Å². The van der Waals surface area contributed by atoms with Gasteiger partial charge in [0.2, 0.25) is 0 Å². The van der Waals surface area contributed by atoms with Gasteiger partial charge in [-0.3, -0.25) is 4.90 Å². The Hall–Kier alpha value is -2.04. The SMILES string of the molecule is CC(C)N(C(=O)OC(C)(C)C)C(C(=O)O)c1ccccc1. The number of aliphatic carboxylic acids is 1. The van der Waals surface area contributed by atoms with E-state index in [1.165, 1.54) is 4.90 Å². The molecule has 0 radical (unpaired) electrons. The average molecular weight is 293 g/mol. The van der Waals surface area contributed by atoms with Gasteiger partial charge in [0.1, 0.15) is 5.60 Å². The minimum Gasteiger partial charge on any atom is -0.479 e. The second-order valence-corrected chi connectivity index (χ2v) is 6.13. The summed E-state index contributed by atoms with van der Waals surface area (Å²) in [5, 5.41) is 9.54. The molecule has 5 nitrogen and oxygen atoms in total. The van der Waals surface area contributed by atoms with Crippen LogP contribution in [0.25, 0.3) is 0 Å². The summed E-state index contributed by atoms with van der Waals surface area (Å²) in [7, 11) is 0. The fourth-order valence-electron chi connectivity index (χ4n) is 1.99. The van der Waals surface area contributed by atoms with E-state index in [1.54, 1.807) is 65.0 Å². The van der Waals surface area contributed by atoms with Crippen LogP contribution in [0, 0.1) is 0 Å². The summed E-state index contributed by atoms with van der Waals surface area (Å²) in [5.74, 6) is -1.08. The molecule has 116 valence electrons. The van der Waals surface area contributed by atoms with E-state index in [-0.39, 0.29) is 6.04 Å². The molecule has 21 heavy (non-hydrogen) atoms. The summed E-state index contributed by atoms with van der Waals surface area (Å²) in [6.45, 7) is 8.79. The number of carbonyl (C=O) groups excluding carboxylic acids is 1. The van der Waals surface area contributed by atoms with Crippen molar-refractivity contribution in [3.63, 3.8) is 0 Å². The van der Waals surface area contributed by atoms with Crippen LogP contribution in [0.15, 0.2) is 30.3 Å². The summed E-state index contributed by atoms with van der Waals surface area (Å²) >= 11 is 0. The van der Waals surface area contributed by atoms with Gasteiger partial charge in [-0.05, 0) is 40.2 Å². The fourth-order valence-corrected chi connectivity index (χ4v) is 1.99. The Kier molecular flexibility index (Phi) is 5.35. The first-order valence-electron chi connectivity index (χ1n) is 6.92. The van der Waals surface area contributed by atoms with Gasteiger partial charge in [0.25, 0.3) is 0 Å². The number of ether oxygens (including phenoxy) is 1. The van der Waals surface area contributed by atoms with E-state index in [1.807, 2.05) is 0 Å². The Bertz CT molecular complexity index is 491. The zero-order valence-electron chi connectivity index (χ0n) is 13.2. The predicted octanol–water partition coefficient (Wildman–Crippen LogP) is 3.46. The van der Waals surface area contributed by atoms with Crippen molar-refractivity contribution in [2.24, 2.45) is 0 Å². The molecule has 5 heteroatoms. The van der Waals surface area contributed by atoms with Gasteiger partial charge in [-0.25, -0.2) is 9.59 Å². The van der Waals surface area contributed by atoms with Crippen molar-refractivity contribution >= 4 is 12.1 Å². The molecule has 0 spiro atoms. The molecule has 1 amide bonds. The summed E-state index contributed by atoms with van der Waals surface area (Å²) in [4.78, 5) is 25.3. The summed E-state index contributed by atoms with van der Waals surface area (Å²) < 4.78 is 5.34. The molecular weight excluding hydrogens is 270 g/mol. The molecule has 1 aromatic rings. The lowest BCUT2D eigenvalue weighted by atomic mass is 10.0. The van der Waals surface area contributed by atoms with Crippen LogP contribution in [-0.4, -0.2) is 33.7 Å². The molecule has 0 fully saturated rings. The Morgan fingerprint density at radius 1 is 1.14 bits per heavy atom. The van der Waals surface area contributed by atoms with Crippen molar-refractivity contribution in [1.29, 1.82) is 0 Å². The molecule has 0 aliphatic carbocycles. The summed E-state index contributed by atoms with van der Waals surface area (Å²) in [6.07, 6.45) is -0.631. The second-order valence-electron chi connectivity index (χ2n) is 6.13. The van der Waals surface area contributed by atoms with Gasteiger partial charge in [0.15, 0.2) is 6.04 Å². The first-order valence-corrected chi connectivity index (χ1v) is 6.92. The van der Waals surface area contributed by atoms with E-state index in [0.29, 0.717) is 5.56 Å². The number of rotatable bonds is 4. The van der Waals surface area contributed by atoms with Gasteiger partial charge in [0.05, 0.1) is 0 Å². The smallest absolute Gasteiger partial charge is 0.411 e. The van der Waals surface area contributed by atoms with Crippen molar-refractivity contribution in [3.05, 3.63) is 35.9 Å². The number of hydrogen-bond acceptors (Lipinski definition) is 3. The first kappa shape index (κ1) is 17.0. The number of nitrogens with zero attached hydrogens (tertiary/aromatic N) is 1. The highest BCUT2D eigenvalue weighted by Gasteiger charge is 2.35. The lowest BCUT2D eigenvalue weighted by Crippen LogP contribution is -2.45. The third-order valence-corrected chi connectivity index (χ3v) is 2.79. The highest BCUT2D eigenvalue weighted by Crippen LogP contribution is 2.25. The van der Waals surface area contributed by atoms with Gasteiger partial charge < -0.3 is 9.84 Å². The molecular formula is C16H23NO4. The molecule has 1 aromatic carbocycles. The highest BCUT2D eigenvalue weighted by atomic mass is 16.6. The van der Waals surface area contributed by atoms with Gasteiger partial charge in [-0.15, -0.1) is 0 Å². The van der Waals surface area contributed by atoms with E-state index in [0.717, 1.165) is 0 Å². The number of carboxylic acid groups (broad SMARTS) is 1. The molecule has 0 aliphatic heterocycles. The summed E-state index contributed by atoms with van der Waals surface area (Å²) in [5.41, 5.74) is -0.131. The van der Waals surface area contributed by atoms with Crippen LogP contribution >= 0.6 is 0 Å². The molecule has 0 saturated carbocycles. The topological polar surface area (TPSA) is 66.8 Å². The van der Waals surface area contributed by atoms with Gasteiger partial charge in [-0.2, -0.15) is 0 Å². The molecule has 1 unspecified atom stereocenters. The molecule has 1 rings (SSSR count). The molecule has 0 saturated heterocycles. The van der Waals surface area contributed by atoms with E-state index in [4.69, 9.17) is 4.74 Å². The number of benzene rings is 1. The maximum absolute atomic E-state index is 12.4. The number of amides is 1. The zero-order valence-corrected chi connectivity index (χ0v) is 13.2. The maximum Gasteiger partial charge on any atom is 0.411 e. The third-order valence-electron chi connectivity index (χ3n) is 2.79. The van der Waals surface area contributed by atoms with Crippen molar-refractivity contribution in [3.8, 4) is 0 Å². The van der Waals surface area contributed by atoms with Crippen LogP contribution in [-0.2, 0) is 9.53 Å². The van der Waals surface area contributed by atoms with E-state index in [9.17, 15) is 14.7 Å². The lowest BCUT2D eigenvalue weighted by molar-refractivity contribution is -0.144. The quantitative estimate of drug-likeness (QED) is 0.923.